The van der Waals surface area contributed by atoms with Crippen molar-refractivity contribution in [2.75, 3.05) is 0 Å². The van der Waals surface area contributed by atoms with E-state index in [9.17, 15) is 30.0 Å². The van der Waals surface area contributed by atoms with E-state index >= 15 is 0 Å². The summed E-state index contributed by atoms with van der Waals surface area (Å²) in [5, 5.41) is 40.6. The number of phenolic OH excluding ortho intramolecular Hbond substituents is 3. The van der Waals surface area contributed by atoms with Gasteiger partial charge in [-0.3, -0.25) is 9.59 Å². The molecule has 0 spiro atoms. The molecule has 0 fully saturated rings. The van der Waals surface area contributed by atoms with E-state index in [1.54, 1.807) is 30.3 Å². The number of ether oxygens (including phenoxy) is 2. The topological polar surface area (TPSA) is 172 Å². The number of aromatic nitrogens is 2. The molecule has 1 aliphatic heterocycles. The van der Waals surface area contributed by atoms with E-state index in [0.717, 1.165) is 12.1 Å². The maximum Gasteiger partial charge on any atom is 0.321 e. The van der Waals surface area contributed by atoms with Crippen LogP contribution in [0.25, 0.3) is 22.3 Å². The molecule has 0 aliphatic carbocycles. The lowest BCUT2D eigenvalue weighted by Gasteiger charge is -2.26. The van der Waals surface area contributed by atoms with Gasteiger partial charge in [0.25, 0.3) is 0 Å². The maximum atomic E-state index is 13.2. The molecule has 3 heterocycles. The molecular weight excluding hydrogens is 508 g/mol. The van der Waals surface area contributed by atoms with Gasteiger partial charge < -0.3 is 34.3 Å². The molecule has 0 radical (unpaired) electrons. The van der Waals surface area contributed by atoms with Crippen LogP contribution in [0, 0.1) is 0 Å². The van der Waals surface area contributed by atoms with Gasteiger partial charge in [0.1, 0.15) is 28.2 Å². The Balaban J connectivity index is 1.56. The van der Waals surface area contributed by atoms with Crippen molar-refractivity contribution in [1.82, 2.24) is 9.97 Å². The number of hydrogen-bond acceptors (Lipinski definition) is 11. The van der Waals surface area contributed by atoms with Crippen LogP contribution in [0.3, 0.4) is 0 Å². The van der Waals surface area contributed by atoms with Gasteiger partial charge in [0.05, 0.1) is 6.42 Å². The van der Waals surface area contributed by atoms with Crippen molar-refractivity contribution < 1.29 is 39.1 Å². The third kappa shape index (κ3) is 4.11. The summed E-state index contributed by atoms with van der Waals surface area (Å²) >= 11 is 0. The minimum atomic E-state index is -0.937. The van der Waals surface area contributed by atoms with Gasteiger partial charge in [0.2, 0.25) is 11.2 Å². The highest BCUT2D eigenvalue weighted by molar-refractivity contribution is 5.94. The predicted octanol–water partition coefficient (Wildman–Crippen LogP) is 4.31. The number of carbonyl (C=O) groups excluding carboxylic acids is 1. The molecule has 3 aromatic carbocycles. The van der Waals surface area contributed by atoms with Gasteiger partial charge in [-0.1, -0.05) is 12.1 Å². The number of hydrogen-bond donors (Lipinski definition) is 4. The molecule has 6 rings (SSSR count). The number of rotatable bonds is 4. The lowest BCUT2D eigenvalue weighted by atomic mass is 9.85. The third-order valence-corrected chi connectivity index (χ3v) is 6.31. The fraction of sp³-hybridized carbons (Fsp3) is 0.0714. The van der Waals surface area contributed by atoms with Crippen LogP contribution in [-0.4, -0.2) is 36.4 Å². The van der Waals surface area contributed by atoms with Crippen LogP contribution in [0.4, 0.5) is 0 Å². The smallest absolute Gasteiger partial charge is 0.321 e. The quantitative estimate of drug-likeness (QED) is 0.149. The summed E-state index contributed by atoms with van der Waals surface area (Å²) in [6.45, 7) is 0. The highest BCUT2D eigenvalue weighted by Gasteiger charge is 2.34. The van der Waals surface area contributed by atoms with Gasteiger partial charge in [0, 0.05) is 35.5 Å². The van der Waals surface area contributed by atoms with Gasteiger partial charge in [-0.25, -0.2) is 9.97 Å². The first-order valence-electron chi connectivity index (χ1n) is 11.6. The average molecular weight is 526 g/mol. The van der Waals surface area contributed by atoms with Crippen molar-refractivity contribution >= 4 is 16.9 Å². The summed E-state index contributed by atoms with van der Waals surface area (Å²) in [4.78, 5) is 33.9. The molecular formula is C28H18N2O9. The first kappa shape index (κ1) is 23.8. The molecule has 1 aliphatic rings. The van der Waals surface area contributed by atoms with Gasteiger partial charge in [-0.15, -0.1) is 0 Å². The highest BCUT2D eigenvalue weighted by atomic mass is 16.5. The third-order valence-electron chi connectivity index (χ3n) is 6.31. The van der Waals surface area contributed by atoms with E-state index in [0.29, 0.717) is 11.3 Å². The van der Waals surface area contributed by atoms with Crippen molar-refractivity contribution in [2.45, 2.75) is 12.3 Å². The van der Waals surface area contributed by atoms with E-state index in [-0.39, 0.29) is 46.0 Å². The molecule has 0 amide bonds. The van der Waals surface area contributed by atoms with E-state index in [2.05, 4.69) is 9.97 Å². The zero-order chi connectivity index (χ0) is 27.3. The second-order valence-corrected chi connectivity index (χ2v) is 8.76. The number of aromatic hydroxyl groups is 4. The SMILES string of the molecule is O=C1C[C@@H](c2cccc(Oc3ncccn3)c2)c2c(cc(O)c3c(=O)c(O)c(-c4ccc(O)c(O)c4)oc23)O1. The zero-order valence-corrected chi connectivity index (χ0v) is 19.9. The Morgan fingerprint density at radius 3 is 2.44 bits per heavy atom. The molecule has 194 valence electrons. The van der Waals surface area contributed by atoms with Gasteiger partial charge in [0.15, 0.2) is 17.3 Å². The van der Waals surface area contributed by atoms with Gasteiger partial charge in [-0.05, 0) is 42.0 Å². The summed E-state index contributed by atoms with van der Waals surface area (Å²) < 4.78 is 17.1. The standard InChI is InChI=1S/C28H18N2O9/c31-17-6-5-14(10-18(17)32)26-25(36)24(35)23-19(33)12-20-22(27(23)39-26)16(11-21(34)38-20)13-3-1-4-15(9-13)37-28-29-7-2-8-30-28/h1-10,12,16,31-33,36H,11H2/t16-/m0/s1. The summed E-state index contributed by atoms with van der Waals surface area (Å²) in [5.41, 5.74) is -0.0788. The van der Waals surface area contributed by atoms with Crippen LogP contribution < -0.4 is 14.9 Å². The molecule has 5 aromatic rings. The largest absolute Gasteiger partial charge is 0.507 e. The predicted molar refractivity (Wildman–Crippen MR) is 135 cm³/mol. The lowest BCUT2D eigenvalue weighted by molar-refractivity contribution is -0.135. The fourth-order valence-electron chi connectivity index (χ4n) is 4.56. The van der Waals surface area contributed by atoms with Crippen LogP contribution in [0.5, 0.6) is 40.5 Å². The summed E-state index contributed by atoms with van der Waals surface area (Å²) in [6.07, 6.45) is 2.93. The number of benzene rings is 3. The van der Waals surface area contributed by atoms with E-state index in [1.165, 1.54) is 24.5 Å². The molecule has 0 unspecified atom stereocenters. The number of esters is 1. The Labute approximate surface area is 218 Å². The maximum absolute atomic E-state index is 13.2. The Morgan fingerprint density at radius 1 is 0.872 bits per heavy atom. The Bertz CT molecular complexity index is 1830. The van der Waals surface area contributed by atoms with Crippen molar-refractivity contribution in [3.63, 3.8) is 0 Å². The number of phenols is 3. The summed E-state index contributed by atoms with van der Waals surface area (Å²) in [5.74, 6) is -3.50. The molecule has 11 nitrogen and oxygen atoms in total. The molecule has 0 saturated heterocycles. The number of carbonyl (C=O) groups is 1. The molecule has 4 N–H and O–H groups in total. The van der Waals surface area contributed by atoms with Crippen LogP contribution in [0.1, 0.15) is 23.5 Å². The number of fused-ring (bicyclic) bond motifs is 3. The van der Waals surface area contributed by atoms with Crippen molar-refractivity contribution in [3.8, 4) is 51.8 Å². The van der Waals surface area contributed by atoms with Crippen LogP contribution in [-0.2, 0) is 4.79 Å². The summed E-state index contributed by atoms with van der Waals surface area (Å²) in [7, 11) is 0. The Morgan fingerprint density at radius 2 is 1.67 bits per heavy atom. The lowest BCUT2D eigenvalue weighted by Crippen LogP contribution is -2.22. The molecule has 11 heteroatoms. The average Bonchev–Trinajstić information content (AvgIpc) is 2.92. The van der Waals surface area contributed by atoms with Crippen molar-refractivity contribution in [2.24, 2.45) is 0 Å². The Kier molecular flexibility index (Phi) is 5.53. The second kappa shape index (κ2) is 9.06. The Hall–Kier alpha value is -5.58. The minimum Gasteiger partial charge on any atom is -0.507 e. The van der Waals surface area contributed by atoms with E-state index < -0.39 is 40.3 Å². The fourth-order valence-corrected chi connectivity index (χ4v) is 4.56. The van der Waals surface area contributed by atoms with Gasteiger partial charge >= 0.3 is 12.0 Å². The first-order chi connectivity index (χ1) is 18.8. The van der Waals surface area contributed by atoms with Crippen LogP contribution >= 0.6 is 0 Å². The minimum absolute atomic E-state index is 0.0210. The normalized spacial score (nSPS) is 14.6. The molecule has 0 bridgehead atoms. The van der Waals surface area contributed by atoms with Crippen LogP contribution in [0.15, 0.2) is 76.2 Å². The zero-order valence-electron chi connectivity index (χ0n) is 19.9. The molecule has 2 aromatic heterocycles. The first-order valence-corrected chi connectivity index (χ1v) is 11.6. The molecule has 39 heavy (non-hydrogen) atoms. The highest BCUT2D eigenvalue weighted by Crippen LogP contribution is 2.47. The molecule has 0 saturated carbocycles. The number of nitrogens with zero attached hydrogens (tertiary/aromatic N) is 2. The molecule has 1 atom stereocenters. The second-order valence-electron chi connectivity index (χ2n) is 8.76. The van der Waals surface area contributed by atoms with E-state index in [1.807, 2.05) is 0 Å². The van der Waals surface area contributed by atoms with Crippen LogP contribution in [0.2, 0.25) is 0 Å². The van der Waals surface area contributed by atoms with E-state index in [4.69, 9.17) is 13.9 Å². The van der Waals surface area contributed by atoms with Crippen molar-refractivity contribution in [1.29, 1.82) is 0 Å². The summed E-state index contributed by atoms with van der Waals surface area (Å²) in [6, 6.07) is 13.3. The monoisotopic (exact) mass is 526 g/mol. The van der Waals surface area contributed by atoms with Crippen molar-refractivity contribution in [3.05, 3.63) is 88.3 Å². The van der Waals surface area contributed by atoms with Gasteiger partial charge in [-0.2, -0.15) is 0 Å².